The van der Waals surface area contributed by atoms with Crippen LogP contribution >= 0.6 is 0 Å². The van der Waals surface area contributed by atoms with Crippen LogP contribution in [0.1, 0.15) is 21.5 Å². The summed E-state index contributed by atoms with van der Waals surface area (Å²) in [6, 6.07) is 12.7. The minimum Gasteiger partial charge on any atom is -0.491 e. The van der Waals surface area contributed by atoms with Crippen molar-refractivity contribution in [3.63, 3.8) is 0 Å². The molecule has 2 rings (SSSR count). The van der Waals surface area contributed by atoms with Gasteiger partial charge in [0.05, 0.1) is 17.6 Å². The number of hydrogen-bond acceptors (Lipinski definition) is 5. The van der Waals surface area contributed by atoms with Crippen LogP contribution in [-0.4, -0.2) is 27.7 Å². The van der Waals surface area contributed by atoms with Crippen LogP contribution < -0.4 is 29.6 Å². The van der Waals surface area contributed by atoms with Crippen LogP contribution in [0.15, 0.2) is 58.5 Å². The molecule has 0 unspecified atom stereocenters. The molecule has 0 heterocycles. The van der Waals surface area contributed by atoms with Crippen molar-refractivity contribution in [1.29, 1.82) is 0 Å². The van der Waals surface area contributed by atoms with Crippen molar-refractivity contribution < 1.29 is 47.5 Å². The minimum atomic E-state index is -3.82. The van der Waals surface area contributed by atoms with E-state index < -0.39 is 16.0 Å². The Morgan fingerprint density at radius 2 is 1.67 bits per heavy atom. The van der Waals surface area contributed by atoms with Gasteiger partial charge in [0.25, 0.3) is 0 Å². The number of rotatable bonds is 5. The zero-order valence-electron chi connectivity index (χ0n) is 13.6. The van der Waals surface area contributed by atoms with Gasteiger partial charge in [-0.3, -0.25) is 0 Å². The number of methoxy groups -OCH3 is 1. The van der Waals surface area contributed by atoms with Crippen LogP contribution in [0.3, 0.4) is 0 Å². The Morgan fingerprint density at radius 1 is 1.08 bits per heavy atom. The number of benzene rings is 2. The van der Waals surface area contributed by atoms with Crippen LogP contribution in [0.4, 0.5) is 0 Å². The first kappa shape index (κ1) is 20.4. The summed E-state index contributed by atoms with van der Waals surface area (Å²) in [5.74, 6) is -0.444. The quantitative estimate of drug-likeness (QED) is 0.324. The molecule has 0 aromatic heterocycles. The number of nitrogens with zero attached hydrogens (tertiary/aromatic N) is 2. The second-order valence-electron chi connectivity index (χ2n) is 4.73. The van der Waals surface area contributed by atoms with Gasteiger partial charge in [0.2, 0.25) is 0 Å². The number of aryl methyl sites for hydroxylation is 1. The Morgan fingerprint density at radius 3 is 2.21 bits per heavy atom. The molecule has 0 atom stereocenters. The molecule has 0 radical (unpaired) electrons. The van der Waals surface area contributed by atoms with Gasteiger partial charge in [-0.1, -0.05) is 29.8 Å². The second-order valence-corrected chi connectivity index (χ2v) is 6.31. The predicted molar refractivity (Wildman–Crippen MR) is 87.1 cm³/mol. The zero-order valence-corrected chi connectivity index (χ0v) is 16.4. The first-order valence-electron chi connectivity index (χ1n) is 6.68. The third-order valence-corrected chi connectivity index (χ3v) is 4.19. The van der Waals surface area contributed by atoms with Gasteiger partial charge in [0.1, 0.15) is 10.0 Å². The SMILES string of the molecule is COC(=O)c1ccc(/C=N/[N-]S(=O)(=O)c2ccc(C)cc2)cc1.[Na+]. The van der Waals surface area contributed by atoms with Gasteiger partial charge in [-0.25, -0.2) is 13.2 Å². The molecule has 120 valence electrons. The van der Waals surface area contributed by atoms with Gasteiger partial charge < -0.3 is 14.7 Å². The standard InChI is InChI=1S/C16H16N2O4S.Na/c1-12-3-9-15(10-4-12)23(20,21)18-17-11-13-5-7-14(8-6-13)16(19)22-2;/h3-11H,1-2H3,(H,18,19);/q;+1/p-1. The van der Waals surface area contributed by atoms with Gasteiger partial charge in [0, 0.05) is 6.21 Å². The Kier molecular flexibility index (Phi) is 7.62. The van der Waals surface area contributed by atoms with Crippen LogP contribution in [0.2, 0.25) is 0 Å². The average molecular weight is 354 g/mol. The fourth-order valence-corrected chi connectivity index (χ4v) is 2.48. The van der Waals surface area contributed by atoms with Gasteiger partial charge in [-0.15, -0.1) is 0 Å². The third kappa shape index (κ3) is 5.45. The molecule has 0 aliphatic heterocycles. The normalized spacial score (nSPS) is 10.9. The van der Waals surface area contributed by atoms with Crippen LogP contribution in [0.25, 0.3) is 4.83 Å². The fraction of sp³-hybridized carbons (Fsp3) is 0.125. The summed E-state index contributed by atoms with van der Waals surface area (Å²) in [5.41, 5.74) is 1.97. The van der Waals surface area contributed by atoms with E-state index in [-0.39, 0.29) is 34.5 Å². The molecule has 2 aromatic carbocycles. The molecule has 0 bridgehead atoms. The van der Waals surface area contributed by atoms with E-state index in [4.69, 9.17) is 0 Å². The van der Waals surface area contributed by atoms with E-state index in [1.807, 2.05) is 6.92 Å². The van der Waals surface area contributed by atoms with Crippen molar-refractivity contribution in [2.75, 3.05) is 7.11 Å². The maximum Gasteiger partial charge on any atom is 1.00 e. The Balaban J connectivity index is 0.00000288. The summed E-state index contributed by atoms with van der Waals surface area (Å²) < 4.78 is 28.5. The van der Waals surface area contributed by atoms with E-state index in [1.165, 1.54) is 25.5 Å². The maximum absolute atomic E-state index is 12.0. The minimum absolute atomic E-state index is 0. The number of carbonyl (C=O) groups is 1. The summed E-state index contributed by atoms with van der Waals surface area (Å²) in [6.07, 6.45) is 1.30. The van der Waals surface area contributed by atoms with Crippen LogP contribution in [-0.2, 0) is 14.8 Å². The monoisotopic (exact) mass is 354 g/mol. The number of esters is 1. The molecule has 0 amide bonds. The summed E-state index contributed by atoms with van der Waals surface area (Å²) in [4.78, 5) is 14.8. The van der Waals surface area contributed by atoms with E-state index >= 15 is 0 Å². The van der Waals surface area contributed by atoms with Gasteiger partial charge in [-0.2, -0.15) is 0 Å². The van der Waals surface area contributed by atoms with E-state index in [9.17, 15) is 13.2 Å². The van der Waals surface area contributed by atoms with Crippen molar-refractivity contribution in [3.05, 3.63) is 70.1 Å². The first-order chi connectivity index (χ1) is 10.9. The van der Waals surface area contributed by atoms with Crippen molar-refractivity contribution in [2.45, 2.75) is 11.8 Å². The summed E-state index contributed by atoms with van der Waals surface area (Å²) in [5, 5.41) is 3.60. The summed E-state index contributed by atoms with van der Waals surface area (Å²) >= 11 is 0. The topological polar surface area (TPSA) is 86.9 Å². The van der Waals surface area contributed by atoms with Gasteiger partial charge >= 0.3 is 35.5 Å². The van der Waals surface area contributed by atoms with Crippen molar-refractivity contribution in [2.24, 2.45) is 5.10 Å². The smallest absolute Gasteiger partial charge is 0.491 e. The summed E-state index contributed by atoms with van der Waals surface area (Å²) in [7, 11) is -2.52. The molecule has 0 saturated heterocycles. The molecular formula is C16H15N2NaO4S. The van der Waals surface area contributed by atoms with E-state index in [0.29, 0.717) is 11.1 Å². The van der Waals surface area contributed by atoms with E-state index in [2.05, 4.69) is 14.7 Å². The molecule has 6 nitrogen and oxygen atoms in total. The van der Waals surface area contributed by atoms with Crippen molar-refractivity contribution in [3.8, 4) is 0 Å². The molecule has 2 aromatic rings. The van der Waals surface area contributed by atoms with E-state index in [1.54, 1.807) is 36.4 Å². The summed E-state index contributed by atoms with van der Waals surface area (Å²) in [6.45, 7) is 1.86. The van der Waals surface area contributed by atoms with Gasteiger partial charge in [-0.05, 0) is 36.8 Å². The van der Waals surface area contributed by atoms with E-state index in [0.717, 1.165) is 5.56 Å². The average Bonchev–Trinajstić information content (AvgIpc) is 2.55. The van der Waals surface area contributed by atoms with Crippen molar-refractivity contribution >= 4 is 22.2 Å². The Bertz CT molecular complexity index is 816. The largest absolute Gasteiger partial charge is 1.00 e. The second kappa shape index (κ2) is 8.98. The third-order valence-electron chi connectivity index (χ3n) is 3.01. The predicted octanol–water partition coefficient (Wildman–Crippen LogP) is -0.118. The first-order valence-corrected chi connectivity index (χ1v) is 8.12. The molecule has 8 heteroatoms. The molecule has 0 fully saturated rings. The number of carbonyl (C=O) groups excluding carboxylic acids is 1. The molecule has 0 N–H and O–H groups in total. The Labute approximate surface area is 163 Å². The Hall–Kier alpha value is -1.67. The van der Waals surface area contributed by atoms with Crippen molar-refractivity contribution in [1.82, 2.24) is 0 Å². The fourth-order valence-electron chi connectivity index (χ4n) is 1.73. The number of sulfonamides is 1. The molecular weight excluding hydrogens is 339 g/mol. The molecule has 0 spiro atoms. The number of hydrogen-bond donors (Lipinski definition) is 0. The molecule has 0 saturated carbocycles. The van der Waals surface area contributed by atoms with Crippen LogP contribution in [0, 0.1) is 6.92 Å². The van der Waals surface area contributed by atoms with Crippen LogP contribution in [0.5, 0.6) is 0 Å². The molecule has 24 heavy (non-hydrogen) atoms. The maximum atomic E-state index is 12.0. The zero-order chi connectivity index (χ0) is 16.9. The van der Waals surface area contributed by atoms with Gasteiger partial charge in [0.15, 0.2) is 0 Å². The molecule has 0 aliphatic carbocycles. The molecule has 0 aliphatic rings. The number of ether oxygens (including phenoxy) is 1.